The zero-order chi connectivity index (χ0) is 13.4. The van der Waals surface area contributed by atoms with Gasteiger partial charge in [-0.25, -0.2) is 0 Å². The third kappa shape index (κ3) is 6.49. The summed E-state index contributed by atoms with van der Waals surface area (Å²) in [6.45, 7) is 8.09. The van der Waals surface area contributed by atoms with Gasteiger partial charge in [-0.3, -0.25) is 0 Å². The Hall–Kier alpha value is 1.54. The molecule has 0 unspecified atom stereocenters. The maximum Gasteiger partial charge on any atom is 0.541 e. The molecule has 0 aliphatic carbocycles. The summed E-state index contributed by atoms with van der Waals surface area (Å²) in [6, 6.07) is 0. The second-order valence-corrected chi connectivity index (χ2v) is 15.3. The maximum absolute atomic E-state index is 5.90. The van der Waals surface area contributed by atoms with E-state index >= 15 is 0 Å². The van der Waals surface area contributed by atoms with Gasteiger partial charge in [-0.05, 0) is 19.3 Å². The van der Waals surface area contributed by atoms with Gasteiger partial charge in [0, 0.05) is 19.8 Å². The van der Waals surface area contributed by atoms with Crippen molar-refractivity contribution in [3.63, 3.8) is 0 Å². The average molecular weight is 457 g/mol. The van der Waals surface area contributed by atoms with Crippen LogP contribution in [-0.2, 0) is 13.3 Å². The van der Waals surface area contributed by atoms with Gasteiger partial charge in [-0.1, -0.05) is 68.6 Å². The van der Waals surface area contributed by atoms with Gasteiger partial charge in [0.1, 0.15) is 0 Å². The largest absolute Gasteiger partial charge is 0.541 e. The van der Waals surface area contributed by atoms with E-state index in [1.807, 2.05) is 0 Å². The SMILES string of the molecule is CCCO[Si](OCCC)(OCCC)C(Br)(Br)Br. The monoisotopic (exact) mass is 454 g/mol. The molecule has 0 aromatic rings. The van der Waals surface area contributed by atoms with Crippen LogP contribution in [0.15, 0.2) is 0 Å². The first-order chi connectivity index (χ1) is 7.93. The molecule has 0 amide bonds. The topological polar surface area (TPSA) is 27.7 Å². The predicted molar refractivity (Wildman–Crippen MR) is 84.0 cm³/mol. The third-order valence-corrected chi connectivity index (χ3v) is 8.65. The summed E-state index contributed by atoms with van der Waals surface area (Å²) >= 11 is 10.5. The molecular weight excluding hydrogens is 436 g/mol. The fourth-order valence-electron chi connectivity index (χ4n) is 1.08. The molecule has 0 saturated heterocycles. The van der Waals surface area contributed by atoms with Gasteiger partial charge in [0.25, 0.3) is 0 Å². The molecule has 0 spiro atoms. The first kappa shape index (κ1) is 18.5. The Kier molecular flexibility index (Phi) is 10.3. The Morgan fingerprint density at radius 2 is 1.06 bits per heavy atom. The van der Waals surface area contributed by atoms with Crippen molar-refractivity contribution >= 4 is 56.6 Å². The number of rotatable bonds is 9. The molecule has 0 heterocycles. The van der Waals surface area contributed by atoms with Crippen molar-refractivity contribution in [3.05, 3.63) is 0 Å². The minimum atomic E-state index is -2.81. The van der Waals surface area contributed by atoms with Crippen LogP contribution in [0.1, 0.15) is 40.0 Å². The van der Waals surface area contributed by atoms with Gasteiger partial charge < -0.3 is 13.3 Å². The minimum Gasteiger partial charge on any atom is -0.372 e. The van der Waals surface area contributed by atoms with Crippen LogP contribution in [-0.4, -0.2) is 30.4 Å². The molecule has 0 aromatic heterocycles. The van der Waals surface area contributed by atoms with Crippen molar-refractivity contribution in [2.45, 2.75) is 41.8 Å². The number of hydrogen-bond donors (Lipinski definition) is 0. The smallest absolute Gasteiger partial charge is 0.372 e. The zero-order valence-electron chi connectivity index (χ0n) is 10.6. The van der Waals surface area contributed by atoms with Crippen LogP contribution in [0, 0.1) is 0 Å². The third-order valence-electron chi connectivity index (χ3n) is 1.84. The summed E-state index contributed by atoms with van der Waals surface area (Å²) < 4.78 is 17.1. The molecule has 0 aromatic carbocycles. The zero-order valence-corrected chi connectivity index (χ0v) is 16.4. The Bertz CT molecular complexity index is 178. The fourth-order valence-corrected chi connectivity index (χ4v) is 6.33. The summed E-state index contributed by atoms with van der Waals surface area (Å²) in [6.07, 6.45) is 2.80. The summed E-state index contributed by atoms with van der Waals surface area (Å²) in [5.74, 6) is 0. The van der Waals surface area contributed by atoms with Crippen molar-refractivity contribution in [1.29, 1.82) is 0 Å². The van der Waals surface area contributed by atoms with E-state index in [0.717, 1.165) is 19.3 Å². The molecule has 7 heteroatoms. The molecule has 0 aliphatic heterocycles. The lowest BCUT2D eigenvalue weighted by Crippen LogP contribution is -2.57. The molecular formula is C10H21Br3O3Si. The van der Waals surface area contributed by atoms with Gasteiger partial charge in [0.05, 0.1) is 0 Å². The number of halogens is 3. The van der Waals surface area contributed by atoms with Crippen LogP contribution in [0.5, 0.6) is 0 Å². The molecule has 0 saturated carbocycles. The first-order valence-electron chi connectivity index (χ1n) is 5.92. The van der Waals surface area contributed by atoms with Crippen LogP contribution in [0.4, 0.5) is 0 Å². The predicted octanol–water partition coefficient (Wildman–Crippen LogP) is 4.58. The van der Waals surface area contributed by atoms with E-state index in [4.69, 9.17) is 13.3 Å². The Balaban J connectivity index is 4.78. The lowest BCUT2D eigenvalue weighted by molar-refractivity contribution is 0.0620. The van der Waals surface area contributed by atoms with Crippen LogP contribution in [0.25, 0.3) is 0 Å². The highest BCUT2D eigenvalue weighted by molar-refractivity contribution is 9.40. The van der Waals surface area contributed by atoms with Crippen LogP contribution >= 0.6 is 47.8 Å². The fraction of sp³-hybridized carbons (Fsp3) is 1.00. The number of alkyl halides is 3. The molecule has 0 radical (unpaired) electrons. The van der Waals surface area contributed by atoms with Crippen LogP contribution < -0.4 is 0 Å². The Labute approximate surface area is 131 Å². The second kappa shape index (κ2) is 9.44. The van der Waals surface area contributed by atoms with Gasteiger partial charge in [0.15, 0.2) is 0 Å². The van der Waals surface area contributed by atoms with E-state index in [-0.39, 0.29) is 0 Å². The van der Waals surface area contributed by atoms with Crippen molar-refractivity contribution in [3.8, 4) is 0 Å². The van der Waals surface area contributed by atoms with Crippen LogP contribution in [0.3, 0.4) is 0 Å². The average Bonchev–Trinajstić information content (AvgIpc) is 2.27. The first-order valence-corrected chi connectivity index (χ1v) is 10.0. The van der Waals surface area contributed by atoms with Crippen molar-refractivity contribution in [2.24, 2.45) is 0 Å². The summed E-state index contributed by atoms with van der Waals surface area (Å²) in [7, 11) is -2.81. The highest BCUT2D eigenvalue weighted by atomic mass is 80.0. The van der Waals surface area contributed by atoms with E-state index < -0.39 is 10.6 Å². The molecule has 0 N–H and O–H groups in total. The molecule has 0 rings (SSSR count). The van der Waals surface area contributed by atoms with Gasteiger partial charge in [0.2, 0.25) is 1.77 Å². The molecule has 104 valence electrons. The van der Waals surface area contributed by atoms with E-state index in [9.17, 15) is 0 Å². The Morgan fingerprint density at radius 3 is 1.24 bits per heavy atom. The van der Waals surface area contributed by atoms with E-state index in [1.165, 1.54) is 0 Å². The summed E-state index contributed by atoms with van der Waals surface area (Å²) in [5, 5.41) is 0. The minimum absolute atomic E-state index is 0.625. The van der Waals surface area contributed by atoms with Gasteiger partial charge in [-0.15, -0.1) is 0 Å². The van der Waals surface area contributed by atoms with Crippen LogP contribution in [0.2, 0.25) is 0 Å². The van der Waals surface area contributed by atoms with E-state index in [1.54, 1.807) is 0 Å². The molecule has 3 nitrogen and oxygen atoms in total. The highest BCUT2D eigenvalue weighted by Gasteiger charge is 2.58. The summed E-state index contributed by atoms with van der Waals surface area (Å²) in [4.78, 5) is 0. The number of hydrogen-bond acceptors (Lipinski definition) is 3. The summed E-state index contributed by atoms with van der Waals surface area (Å²) in [5.41, 5.74) is 0. The standard InChI is InChI=1S/C10H21Br3O3Si/c1-4-7-14-17(10(11,12)13,15-8-5-2)16-9-6-3/h4-9H2,1-3H3. The van der Waals surface area contributed by atoms with E-state index in [0.29, 0.717) is 19.8 Å². The molecule has 0 bridgehead atoms. The Morgan fingerprint density at radius 1 is 0.765 bits per heavy atom. The van der Waals surface area contributed by atoms with Crippen molar-refractivity contribution in [1.82, 2.24) is 0 Å². The van der Waals surface area contributed by atoms with Gasteiger partial charge >= 0.3 is 8.80 Å². The van der Waals surface area contributed by atoms with Crippen molar-refractivity contribution in [2.75, 3.05) is 19.8 Å². The lowest BCUT2D eigenvalue weighted by Gasteiger charge is -2.35. The molecule has 0 atom stereocenters. The maximum atomic E-state index is 5.90. The van der Waals surface area contributed by atoms with Gasteiger partial charge in [-0.2, -0.15) is 0 Å². The lowest BCUT2D eigenvalue weighted by atomic mass is 10.5. The highest BCUT2D eigenvalue weighted by Crippen LogP contribution is 2.44. The quantitative estimate of drug-likeness (QED) is 0.375. The van der Waals surface area contributed by atoms with E-state index in [2.05, 4.69) is 68.6 Å². The normalized spacial score (nSPS) is 13.1. The second-order valence-electron chi connectivity index (χ2n) is 3.60. The molecule has 0 fully saturated rings. The molecule has 17 heavy (non-hydrogen) atoms. The van der Waals surface area contributed by atoms with Crippen molar-refractivity contribution < 1.29 is 13.3 Å². The molecule has 0 aliphatic rings.